The molecule has 1 fully saturated rings. The van der Waals surface area contributed by atoms with Crippen molar-refractivity contribution in [3.8, 4) is 5.75 Å². The molecule has 2 rings (SSSR count). The lowest BCUT2D eigenvalue weighted by Gasteiger charge is -2.25. The first-order valence-corrected chi connectivity index (χ1v) is 6.00. The quantitative estimate of drug-likeness (QED) is 0.588. The molecule has 108 valence electrons. The van der Waals surface area contributed by atoms with E-state index in [4.69, 9.17) is 16.2 Å². The molecule has 20 heavy (non-hydrogen) atoms. The van der Waals surface area contributed by atoms with E-state index in [2.05, 4.69) is 0 Å². The molecular weight excluding hydrogens is 269 g/mol. The number of nitro benzene ring substituents is 1. The van der Waals surface area contributed by atoms with Gasteiger partial charge in [-0.1, -0.05) is 0 Å². The van der Waals surface area contributed by atoms with Gasteiger partial charge in [-0.15, -0.1) is 0 Å². The van der Waals surface area contributed by atoms with Crippen LogP contribution >= 0.6 is 0 Å². The molecule has 0 bridgehead atoms. The van der Waals surface area contributed by atoms with Crippen LogP contribution in [0.5, 0.6) is 5.75 Å². The van der Waals surface area contributed by atoms with Crippen LogP contribution < -0.4 is 16.2 Å². The third-order valence-electron chi connectivity index (χ3n) is 3.36. The number of ether oxygens (including phenoxy) is 1. The zero-order chi connectivity index (χ0) is 14.9. The van der Waals surface area contributed by atoms with Crippen molar-refractivity contribution in [1.82, 2.24) is 0 Å². The highest BCUT2D eigenvalue weighted by Crippen LogP contribution is 2.38. The van der Waals surface area contributed by atoms with Gasteiger partial charge in [-0.05, 0) is 24.8 Å². The Bertz CT molecular complexity index is 562. The Labute approximate surface area is 113 Å². The summed E-state index contributed by atoms with van der Waals surface area (Å²) < 4.78 is 18.7. The molecule has 1 amide bonds. The second kappa shape index (κ2) is 5.04. The zero-order valence-electron chi connectivity index (χ0n) is 10.5. The Morgan fingerprint density at radius 3 is 2.65 bits per heavy atom. The molecule has 0 aromatic heterocycles. The Kier molecular flexibility index (Phi) is 3.58. The number of hydrogen-bond acceptors (Lipinski definition) is 5. The van der Waals surface area contributed by atoms with Crippen molar-refractivity contribution in [3.05, 3.63) is 34.1 Å². The smallest absolute Gasteiger partial charge is 0.305 e. The number of nitro groups is 1. The SMILES string of the molecule is NC(=O)C(N)(COc1ccc([N+](=O)[O-])c(F)c1)C1CC1. The van der Waals surface area contributed by atoms with Crippen LogP contribution in [0.4, 0.5) is 10.1 Å². The molecule has 1 saturated carbocycles. The first kappa shape index (κ1) is 14.2. The molecule has 0 aliphatic heterocycles. The van der Waals surface area contributed by atoms with Crippen molar-refractivity contribution in [1.29, 1.82) is 0 Å². The van der Waals surface area contributed by atoms with Gasteiger partial charge in [-0.25, -0.2) is 0 Å². The molecule has 0 saturated heterocycles. The van der Waals surface area contributed by atoms with Gasteiger partial charge in [0.05, 0.1) is 4.92 Å². The highest BCUT2D eigenvalue weighted by atomic mass is 19.1. The molecule has 1 aromatic rings. The van der Waals surface area contributed by atoms with E-state index in [-0.39, 0.29) is 18.3 Å². The number of nitrogens with two attached hydrogens (primary N) is 2. The molecule has 8 heteroatoms. The van der Waals surface area contributed by atoms with Crippen LogP contribution in [0.2, 0.25) is 0 Å². The minimum Gasteiger partial charge on any atom is -0.491 e. The average molecular weight is 283 g/mol. The molecule has 1 aliphatic carbocycles. The first-order chi connectivity index (χ1) is 9.34. The fourth-order valence-corrected chi connectivity index (χ4v) is 1.92. The van der Waals surface area contributed by atoms with Gasteiger partial charge in [-0.2, -0.15) is 4.39 Å². The first-order valence-electron chi connectivity index (χ1n) is 6.00. The third kappa shape index (κ3) is 2.69. The van der Waals surface area contributed by atoms with Crippen LogP contribution in [-0.4, -0.2) is 23.0 Å². The maximum Gasteiger partial charge on any atom is 0.305 e. The number of primary amides is 1. The van der Waals surface area contributed by atoms with Crippen molar-refractivity contribution >= 4 is 11.6 Å². The normalized spacial score (nSPS) is 17.3. The monoisotopic (exact) mass is 283 g/mol. The van der Waals surface area contributed by atoms with Crippen molar-refractivity contribution in [2.24, 2.45) is 17.4 Å². The van der Waals surface area contributed by atoms with Crippen molar-refractivity contribution in [2.75, 3.05) is 6.61 Å². The highest BCUT2D eigenvalue weighted by molar-refractivity contribution is 5.85. The van der Waals surface area contributed by atoms with E-state index in [1.54, 1.807) is 0 Å². The van der Waals surface area contributed by atoms with E-state index in [0.717, 1.165) is 25.0 Å². The van der Waals surface area contributed by atoms with Crippen molar-refractivity contribution < 1.29 is 18.8 Å². The minimum atomic E-state index is -1.29. The van der Waals surface area contributed by atoms with Crippen LogP contribution in [-0.2, 0) is 4.79 Å². The van der Waals surface area contributed by atoms with E-state index >= 15 is 0 Å². The van der Waals surface area contributed by atoms with Gasteiger partial charge in [0.1, 0.15) is 17.9 Å². The van der Waals surface area contributed by atoms with Crippen LogP contribution in [0.15, 0.2) is 18.2 Å². The molecule has 0 spiro atoms. The molecule has 0 radical (unpaired) electrons. The summed E-state index contributed by atoms with van der Waals surface area (Å²) in [6.45, 7) is -0.190. The molecule has 7 nitrogen and oxygen atoms in total. The van der Waals surface area contributed by atoms with Gasteiger partial charge < -0.3 is 16.2 Å². The number of benzene rings is 1. The summed E-state index contributed by atoms with van der Waals surface area (Å²) in [6.07, 6.45) is 1.58. The van der Waals surface area contributed by atoms with E-state index in [9.17, 15) is 19.3 Å². The summed E-state index contributed by atoms with van der Waals surface area (Å²) in [5.41, 5.74) is 9.23. The van der Waals surface area contributed by atoms with Crippen LogP contribution in [0.3, 0.4) is 0 Å². The van der Waals surface area contributed by atoms with E-state index in [0.29, 0.717) is 0 Å². The fraction of sp³-hybridized carbons (Fsp3) is 0.417. The summed E-state index contributed by atoms with van der Waals surface area (Å²) in [5, 5.41) is 10.5. The Hall–Kier alpha value is -2.22. The Balaban J connectivity index is 2.09. The number of nitrogens with zero attached hydrogens (tertiary/aromatic N) is 1. The molecule has 0 heterocycles. The van der Waals surface area contributed by atoms with Crippen LogP contribution in [0.25, 0.3) is 0 Å². The number of halogens is 1. The Morgan fingerprint density at radius 2 is 2.20 bits per heavy atom. The largest absolute Gasteiger partial charge is 0.491 e. The van der Waals surface area contributed by atoms with Gasteiger partial charge in [0.25, 0.3) is 0 Å². The maximum atomic E-state index is 13.4. The van der Waals surface area contributed by atoms with Gasteiger partial charge in [0, 0.05) is 12.1 Å². The number of carbonyl (C=O) groups is 1. The molecule has 1 atom stereocenters. The van der Waals surface area contributed by atoms with E-state index in [1.165, 1.54) is 6.07 Å². The van der Waals surface area contributed by atoms with Gasteiger partial charge in [0.15, 0.2) is 0 Å². The molecule has 4 N–H and O–H groups in total. The fourth-order valence-electron chi connectivity index (χ4n) is 1.92. The van der Waals surface area contributed by atoms with E-state index < -0.39 is 27.9 Å². The highest BCUT2D eigenvalue weighted by Gasteiger charge is 2.47. The van der Waals surface area contributed by atoms with E-state index in [1.807, 2.05) is 0 Å². The van der Waals surface area contributed by atoms with Crippen molar-refractivity contribution in [3.63, 3.8) is 0 Å². The summed E-state index contributed by atoms with van der Waals surface area (Å²) >= 11 is 0. The predicted molar refractivity (Wildman–Crippen MR) is 67.4 cm³/mol. The lowest BCUT2D eigenvalue weighted by Crippen LogP contribution is -2.58. The second-order valence-corrected chi connectivity index (χ2v) is 4.84. The lowest BCUT2D eigenvalue weighted by atomic mass is 9.95. The summed E-state index contributed by atoms with van der Waals surface area (Å²) in [4.78, 5) is 21.0. The summed E-state index contributed by atoms with van der Waals surface area (Å²) in [7, 11) is 0. The van der Waals surface area contributed by atoms with Crippen molar-refractivity contribution in [2.45, 2.75) is 18.4 Å². The number of carbonyl (C=O) groups excluding carboxylic acids is 1. The average Bonchev–Trinajstić information content (AvgIpc) is 3.19. The summed E-state index contributed by atoms with van der Waals surface area (Å²) in [6, 6.07) is 3.12. The second-order valence-electron chi connectivity index (χ2n) is 4.84. The van der Waals surface area contributed by atoms with Gasteiger partial charge in [0.2, 0.25) is 11.7 Å². The lowest BCUT2D eigenvalue weighted by molar-refractivity contribution is -0.387. The predicted octanol–water partition coefficient (Wildman–Crippen LogP) is 0.706. The standard InChI is InChI=1S/C12H14FN3O4/c13-9-5-8(3-4-10(9)16(18)19)20-6-12(15,11(14)17)7-1-2-7/h3-5,7H,1-2,6,15H2,(H2,14,17). The topological polar surface area (TPSA) is 121 Å². The maximum absolute atomic E-state index is 13.4. The Morgan fingerprint density at radius 1 is 1.55 bits per heavy atom. The zero-order valence-corrected chi connectivity index (χ0v) is 10.5. The van der Waals surface area contributed by atoms with Crippen LogP contribution in [0, 0.1) is 21.8 Å². The number of hydrogen-bond donors (Lipinski definition) is 2. The third-order valence-corrected chi connectivity index (χ3v) is 3.36. The van der Waals surface area contributed by atoms with Gasteiger partial charge in [-0.3, -0.25) is 14.9 Å². The molecule has 1 aliphatic rings. The number of rotatable bonds is 6. The number of amides is 1. The van der Waals surface area contributed by atoms with Crippen LogP contribution in [0.1, 0.15) is 12.8 Å². The van der Waals surface area contributed by atoms with Gasteiger partial charge >= 0.3 is 5.69 Å². The summed E-state index contributed by atoms with van der Waals surface area (Å²) in [5.74, 6) is -1.67. The minimum absolute atomic E-state index is 0.0390. The molecule has 1 aromatic carbocycles. The molecule has 1 unspecified atom stereocenters. The molecular formula is C12H14FN3O4.